The minimum Gasteiger partial charge on any atom is -0.366 e. The van der Waals surface area contributed by atoms with Crippen molar-refractivity contribution in [3.8, 4) is 0 Å². The summed E-state index contributed by atoms with van der Waals surface area (Å²) in [4.78, 5) is 2.58. The van der Waals surface area contributed by atoms with Gasteiger partial charge in [-0.1, -0.05) is 25.1 Å². The Morgan fingerprint density at radius 2 is 2.11 bits per heavy atom. The van der Waals surface area contributed by atoms with E-state index in [1.165, 1.54) is 23.2 Å². The first-order chi connectivity index (χ1) is 8.49. The minimum atomic E-state index is 0.222. The molecule has 0 spiro atoms. The quantitative estimate of drug-likeness (QED) is 0.888. The zero-order valence-electron chi connectivity index (χ0n) is 12.2. The van der Waals surface area contributed by atoms with Crippen LogP contribution in [-0.2, 0) is 6.42 Å². The Bertz CT molecular complexity index is 423. The van der Waals surface area contributed by atoms with E-state index in [0.29, 0.717) is 5.92 Å². The molecule has 2 nitrogen and oxygen atoms in total. The van der Waals surface area contributed by atoms with Gasteiger partial charge in [-0.25, -0.2) is 0 Å². The molecule has 100 valence electrons. The number of anilines is 1. The molecule has 0 radical (unpaired) electrons. The molecule has 1 unspecified atom stereocenters. The zero-order valence-corrected chi connectivity index (χ0v) is 12.2. The number of para-hydroxylation sites is 1. The number of aryl methyl sites for hydroxylation is 2. The minimum absolute atomic E-state index is 0.222. The van der Waals surface area contributed by atoms with Gasteiger partial charge in [-0.05, 0) is 57.2 Å². The van der Waals surface area contributed by atoms with Gasteiger partial charge < -0.3 is 10.6 Å². The molecule has 2 rings (SSSR count). The highest BCUT2D eigenvalue weighted by molar-refractivity contribution is 5.61. The first kappa shape index (κ1) is 13.4. The molecule has 2 heteroatoms. The Morgan fingerprint density at radius 1 is 1.39 bits per heavy atom. The summed E-state index contributed by atoms with van der Waals surface area (Å²) in [7, 11) is 0. The predicted octanol–water partition coefficient (Wildman–Crippen LogP) is 3.12. The van der Waals surface area contributed by atoms with Gasteiger partial charge in [0.05, 0.1) is 0 Å². The summed E-state index contributed by atoms with van der Waals surface area (Å²) in [6.07, 6.45) is 2.29. The second-order valence-corrected chi connectivity index (χ2v) is 6.17. The van der Waals surface area contributed by atoms with Crippen LogP contribution in [0.25, 0.3) is 0 Å². The predicted molar refractivity (Wildman–Crippen MR) is 79.1 cm³/mol. The van der Waals surface area contributed by atoms with Gasteiger partial charge in [0.1, 0.15) is 0 Å². The van der Waals surface area contributed by atoms with Crippen LogP contribution >= 0.6 is 0 Å². The van der Waals surface area contributed by atoms with Crippen molar-refractivity contribution < 1.29 is 0 Å². The molecule has 1 aliphatic rings. The molecule has 0 saturated carbocycles. The summed E-state index contributed by atoms with van der Waals surface area (Å²) in [6.45, 7) is 11.0. The van der Waals surface area contributed by atoms with Crippen LogP contribution in [-0.4, -0.2) is 18.6 Å². The summed E-state index contributed by atoms with van der Waals surface area (Å²) in [5.41, 5.74) is 10.4. The van der Waals surface area contributed by atoms with Gasteiger partial charge in [-0.15, -0.1) is 0 Å². The SMILES string of the molecule is CCc1cccc(C)c1N1CC(CN)CC1(C)C. The van der Waals surface area contributed by atoms with E-state index >= 15 is 0 Å². The lowest BCUT2D eigenvalue weighted by molar-refractivity contribution is 0.476. The summed E-state index contributed by atoms with van der Waals surface area (Å²) in [6, 6.07) is 6.65. The second kappa shape index (κ2) is 4.93. The molecular formula is C16H26N2. The maximum atomic E-state index is 5.88. The van der Waals surface area contributed by atoms with Gasteiger partial charge in [-0.2, -0.15) is 0 Å². The molecule has 1 saturated heterocycles. The summed E-state index contributed by atoms with van der Waals surface area (Å²) in [5.74, 6) is 0.629. The topological polar surface area (TPSA) is 29.3 Å². The molecule has 18 heavy (non-hydrogen) atoms. The molecule has 1 fully saturated rings. The van der Waals surface area contributed by atoms with Crippen LogP contribution in [0.3, 0.4) is 0 Å². The summed E-state index contributed by atoms with van der Waals surface area (Å²) < 4.78 is 0. The molecule has 0 aliphatic carbocycles. The normalized spacial score (nSPS) is 22.5. The fourth-order valence-corrected chi connectivity index (χ4v) is 3.33. The lowest BCUT2D eigenvalue weighted by Gasteiger charge is -2.36. The van der Waals surface area contributed by atoms with E-state index in [-0.39, 0.29) is 5.54 Å². The third-order valence-corrected chi connectivity index (χ3v) is 4.27. The second-order valence-electron chi connectivity index (χ2n) is 6.17. The van der Waals surface area contributed by atoms with Crippen molar-refractivity contribution in [3.63, 3.8) is 0 Å². The lowest BCUT2D eigenvalue weighted by Crippen LogP contribution is -2.39. The molecule has 0 amide bonds. The van der Waals surface area contributed by atoms with E-state index in [9.17, 15) is 0 Å². The monoisotopic (exact) mass is 246 g/mol. The Morgan fingerprint density at radius 3 is 2.67 bits per heavy atom. The van der Waals surface area contributed by atoms with Gasteiger partial charge in [0.25, 0.3) is 0 Å². The number of benzene rings is 1. The zero-order chi connectivity index (χ0) is 13.3. The van der Waals surface area contributed by atoms with Gasteiger partial charge in [-0.3, -0.25) is 0 Å². The van der Waals surface area contributed by atoms with Gasteiger partial charge in [0.2, 0.25) is 0 Å². The van der Waals surface area contributed by atoms with E-state index in [1.807, 2.05) is 0 Å². The van der Waals surface area contributed by atoms with Gasteiger partial charge in [0, 0.05) is 17.8 Å². The fraction of sp³-hybridized carbons (Fsp3) is 0.625. The van der Waals surface area contributed by atoms with Crippen LogP contribution in [0.4, 0.5) is 5.69 Å². The third-order valence-electron chi connectivity index (χ3n) is 4.27. The number of hydrogen-bond donors (Lipinski definition) is 1. The first-order valence-corrected chi connectivity index (χ1v) is 7.05. The van der Waals surface area contributed by atoms with Crippen molar-refractivity contribution in [3.05, 3.63) is 29.3 Å². The molecule has 0 aromatic heterocycles. The van der Waals surface area contributed by atoms with Crippen molar-refractivity contribution in [2.24, 2.45) is 11.7 Å². The lowest BCUT2D eigenvalue weighted by atomic mass is 9.95. The van der Waals surface area contributed by atoms with E-state index in [0.717, 1.165) is 19.5 Å². The molecule has 1 aromatic carbocycles. The van der Waals surface area contributed by atoms with Crippen molar-refractivity contribution >= 4 is 5.69 Å². The van der Waals surface area contributed by atoms with E-state index < -0.39 is 0 Å². The average Bonchev–Trinajstić information content (AvgIpc) is 2.64. The van der Waals surface area contributed by atoms with Crippen LogP contribution in [0, 0.1) is 12.8 Å². The number of rotatable bonds is 3. The highest BCUT2D eigenvalue weighted by Gasteiger charge is 2.38. The van der Waals surface area contributed by atoms with Crippen LogP contribution in [0.2, 0.25) is 0 Å². The average molecular weight is 246 g/mol. The Labute approximate surface area is 111 Å². The molecule has 1 aromatic rings. The molecule has 1 heterocycles. The molecular weight excluding hydrogens is 220 g/mol. The standard InChI is InChI=1S/C16H26N2/c1-5-14-8-6-7-12(2)15(14)18-11-13(10-17)9-16(18,3)4/h6-8,13H,5,9-11,17H2,1-4H3. The highest BCUT2D eigenvalue weighted by Crippen LogP contribution is 2.39. The van der Waals surface area contributed by atoms with E-state index in [4.69, 9.17) is 5.73 Å². The van der Waals surface area contributed by atoms with Crippen molar-refractivity contribution in [1.82, 2.24) is 0 Å². The maximum absolute atomic E-state index is 5.88. The largest absolute Gasteiger partial charge is 0.366 e. The van der Waals surface area contributed by atoms with Crippen molar-refractivity contribution in [2.75, 3.05) is 18.0 Å². The van der Waals surface area contributed by atoms with Crippen LogP contribution < -0.4 is 10.6 Å². The number of nitrogens with two attached hydrogens (primary N) is 1. The van der Waals surface area contributed by atoms with E-state index in [1.54, 1.807) is 0 Å². The number of hydrogen-bond acceptors (Lipinski definition) is 2. The van der Waals surface area contributed by atoms with Crippen LogP contribution in [0.15, 0.2) is 18.2 Å². The van der Waals surface area contributed by atoms with Crippen molar-refractivity contribution in [1.29, 1.82) is 0 Å². The van der Waals surface area contributed by atoms with Crippen LogP contribution in [0.1, 0.15) is 38.3 Å². The maximum Gasteiger partial charge on any atom is 0.0432 e. The Balaban J connectivity index is 2.42. The molecule has 1 atom stereocenters. The Kier molecular flexibility index (Phi) is 3.67. The smallest absolute Gasteiger partial charge is 0.0432 e. The van der Waals surface area contributed by atoms with Crippen molar-refractivity contribution in [2.45, 2.75) is 46.1 Å². The first-order valence-electron chi connectivity index (χ1n) is 7.05. The number of nitrogens with zero attached hydrogens (tertiary/aromatic N) is 1. The Hall–Kier alpha value is -1.02. The third kappa shape index (κ3) is 2.26. The highest BCUT2D eigenvalue weighted by atomic mass is 15.2. The van der Waals surface area contributed by atoms with E-state index in [2.05, 4.69) is 50.8 Å². The molecule has 2 N–H and O–H groups in total. The van der Waals surface area contributed by atoms with Gasteiger partial charge >= 0.3 is 0 Å². The fourth-order valence-electron chi connectivity index (χ4n) is 3.33. The summed E-state index contributed by atoms with van der Waals surface area (Å²) in [5, 5.41) is 0. The van der Waals surface area contributed by atoms with Crippen LogP contribution in [0.5, 0.6) is 0 Å². The molecule has 1 aliphatic heterocycles. The summed E-state index contributed by atoms with van der Waals surface area (Å²) >= 11 is 0. The molecule has 0 bridgehead atoms. The van der Waals surface area contributed by atoms with Gasteiger partial charge in [0.15, 0.2) is 0 Å².